The van der Waals surface area contributed by atoms with Crippen LogP contribution in [0.25, 0.3) is 0 Å². The number of carboxylic acids is 2. The van der Waals surface area contributed by atoms with Crippen LogP contribution in [0.15, 0.2) is 0 Å². The largest absolute Gasteiger partial charge is 0.481 e. The predicted molar refractivity (Wildman–Crippen MR) is 74.2 cm³/mol. The van der Waals surface area contributed by atoms with Crippen molar-refractivity contribution < 1.29 is 24.9 Å². The molecule has 0 fully saturated rings. The van der Waals surface area contributed by atoms with Gasteiger partial charge in [-0.05, 0) is 12.8 Å². The van der Waals surface area contributed by atoms with Crippen molar-refractivity contribution in [2.24, 2.45) is 0 Å². The molecule has 0 aromatic carbocycles. The highest BCUT2D eigenvalue weighted by Gasteiger charge is 1.98. The molecule has 0 bridgehead atoms. The number of aliphatic hydroxyl groups is 1. The monoisotopic (exact) mass is 276 g/mol. The summed E-state index contributed by atoms with van der Waals surface area (Å²) in [5.41, 5.74) is 0. The minimum atomic E-state index is -0.705. The SMILES string of the molecule is CO.O=C(O)CCCCCCCCCCCC(=O)O. The molecule has 114 valence electrons. The highest BCUT2D eigenvalue weighted by atomic mass is 16.4. The predicted octanol–water partition coefficient (Wildman–Crippen LogP) is 3.06. The van der Waals surface area contributed by atoms with Crippen LogP contribution in [0.1, 0.15) is 70.6 Å². The van der Waals surface area contributed by atoms with Crippen LogP contribution in [-0.2, 0) is 9.59 Å². The molecule has 0 spiro atoms. The Hall–Kier alpha value is -1.10. The van der Waals surface area contributed by atoms with E-state index in [1.807, 2.05) is 0 Å². The third-order valence-corrected chi connectivity index (χ3v) is 2.78. The van der Waals surface area contributed by atoms with Crippen molar-refractivity contribution in [1.29, 1.82) is 0 Å². The summed E-state index contributed by atoms with van der Waals surface area (Å²) in [7, 11) is 1.00. The van der Waals surface area contributed by atoms with Gasteiger partial charge in [0.05, 0.1) is 0 Å². The average Bonchev–Trinajstić information content (AvgIpc) is 2.37. The Morgan fingerprint density at radius 1 is 0.579 bits per heavy atom. The van der Waals surface area contributed by atoms with E-state index in [2.05, 4.69) is 0 Å². The van der Waals surface area contributed by atoms with Gasteiger partial charge in [0.2, 0.25) is 0 Å². The van der Waals surface area contributed by atoms with Gasteiger partial charge in [-0.1, -0.05) is 44.9 Å². The second kappa shape index (κ2) is 16.9. The molecule has 0 radical (unpaired) electrons. The van der Waals surface area contributed by atoms with Gasteiger partial charge in [0.15, 0.2) is 0 Å². The van der Waals surface area contributed by atoms with Crippen LogP contribution in [-0.4, -0.2) is 34.4 Å². The number of aliphatic hydroxyl groups excluding tert-OH is 1. The summed E-state index contributed by atoms with van der Waals surface area (Å²) in [5, 5.41) is 23.9. The maximum absolute atomic E-state index is 10.2. The van der Waals surface area contributed by atoms with Crippen molar-refractivity contribution in [3.05, 3.63) is 0 Å². The fraction of sp³-hybridized carbons (Fsp3) is 0.857. The number of rotatable bonds is 12. The number of hydrogen-bond acceptors (Lipinski definition) is 3. The third-order valence-electron chi connectivity index (χ3n) is 2.78. The number of carbonyl (C=O) groups is 2. The van der Waals surface area contributed by atoms with Crippen molar-refractivity contribution in [1.82, 2.24) is 0 Å². The standard InChI is InChI=1S/C13H24O4.CH4O/c14-12(15)10-8-6-4-2-1-3-5-7-9-11-13(16)17;1-2/h1-11H2,(H,14,15)(H,16,17);2H,1H3. The Morgan fingerprint density at radius 2 is 0.789 bits per heavy atom. The molecular formula is C14H28O5. The molecule has 0 aromatic rings. The lowest BCUT2D eigenvalue weighted by molar-refractivity contribution is -0.138. The first-order chi connectivity index (χ1) is 9.13. The third kappa shape index (κ3) is 22.5. The van der Waals surface area contributed by atoms with Gasteiger partial charge in [-0.3, -0.25) is 9.59 Å². The fourth-order valence-corrected chi connectivity index (χ4v) is 1.79. The Labute approximate surface area is 115 Å². The van der Waals surface area contributed by atoms with Gasteiger partial charge in [-0.15, -0.1) is 0 Å². The topological polar surface area (TPSA) is 94.8 Å². The highest BCUT2D eigenvalue weighted by molar-refractivity contribution is 5.66. The quantitative estimate of drug-likeness (QED) is 0.476. The zero-order valence-electron chi connectivity index (χ0n) is 11.9. The van der Waals surface area contributed by atoms with Crippen molar-refractivity contribution in [2.75, 3.05) is 7.11 Å². The Kier molecular flexibility index (Phi) is 18.0. The van der Waals surface area contributed by atoms with Crippen LogP contribution < -0.4 is 0 Å². The fourth-order valence-electron chi connectivity index (χ4n) is 1.79. The molecule has 0 rings (SSSR count). The number of unbranched alkanes of at least 4 members (excludes halogenated alkanes) is 8. The molecule has 0 amide bonds. The molecular weight excluding hydrogens is 248 g/mol. The van der Waals surface area contributed by atoms with E-state index in [0.29, 0.717) is 0 Å². The van der Waals surface area contributed by atoms with Gasteiger partial charge in [-0.25, -0.2) is 0 Å². The van der Waals surface area contributed by atoms with Gasteiger partial charge in [0.25, 0.3) is 0 Å². The molecule has 0 aliphatic carbocycles. The van der Waals surface area contributed by atoms with Crippen molar-refractivity contribution in [3.8, 4) is 0 Å². The lowest BCUT2D eigenvalue weighted by Gasteiger charge is -2.01. The minimum absolute atomic E-state index is 0.287. The van der Waals surface area contributed by atoms with E-state index in [9.17, 15) is 9.59 Å². The molecule has 0 saturated carbocycles. The minimum Gasteiger partial charge on any atom is -0.481 e. The number of aliphatic carboxylic acids is 2. The number of carboxylic acid groups (broad SMARTS) is 2. The second-order valence-corrected chi connectivity index (χ2v) is 4.47. The second-order valence-electron chi connectivity index (χ2n) is 4.47. The summed E-state index contributed by atoms with van der Waals surface area (Å²) >= 11 is 0. The zero-order valence-corrected chi connectivity index (χ0v) is 11.9. The summed E-state index contributed by atoms with van der Waals surface area (Å²) in [6.07, 6.45) is 9.89. The molecule has 5 nitrogen and oxygen atoms in total. The summed E-state index contributed by atoms with van der Waals surface area (Å²) in [6, 6.07) is 0. The summed E-state index contributed by atoms with van der Waals surface area (Å²) in [6.45, 7) is 0. The average molecular weight is 276 g/mol. The van der Waals surface area contributed by atoms with E-state index >= 15 is 0 Å². The maximum atomic E-state index is 10.2. The van der Waals surface area contributed by atoms with Gasteiger partial charge >= 0.3 is 11.9 Å². The van der Waals surface area contributed by atoms with Gasteiger partial charge in [0.1, 0.15) is 0 Å². The smallest absolute Gasteiger partial charge is 0.303 e. The normalized spacial score (nSPS) is 9.58. The van der Waals surface area contributed by atoms with E-state index in [-0.39, 0.29) is 12.8 Å². The van der Waals surface area contributed by atoms with E-state index in [1.54, 1.807) is 0 Å². The van der Waals surface area contributed by atoms with Crippen LogP contribution in [0, 0.1) is 0 Å². The van der Waals surface area contributed by atoms with Crippen LogP contribution >= 0.6 is 0 Å². The van der Waals surface area contributed by atoms with Crippen LogP contribution in [0.2, 0.25) is 0 Å². The van der Waals surface area contributed by atoms with Crippen LogP contribution in [0.4, 0.5) is 0 Å². The Bertz CT molecular complexity index is 194. The molecule has 0 aliphatic heterocycles. The van der Waals surface area contributed by atoms with E-state index in [4.69, 9.17) is 15.3 Å². The molecule has 3 N–H and O–H groups in total. The van der Waals surface area contributed by atoms with E-state index in [0.717, 1.165) is 45.6 Å². The summed E-state index contributed by atoms with van der Waals surface area (Å²) in [4.78, 5) is 20.5. The Balaban J connectivity index is 0. The first-order valence-electron chi connectivity index (χ1n) is 7.01. The first kappa shape index (κ1) is 20.2. The molecule has 0 aliphatic rings. The molecule has 0 heterocycles. The van der Waals surface area contributed by atoms with Gasteiger partial charge in [0, 0.05) is 20.0 Å². The molecule has 5 heteroatoms. The van der Waals surface area contributed by atoms with E-state index in [1.165, 1.54) is 19.3 Å². The zero-order chi connectivity index (χ0) is 14.9. The molecule has 0 saturated heterocycles. The molecule has 0 aromatic heterocycles. The van der Waals surface area contributed by atoms with Crippen molar-refractivity contribution >= 4 is 11.9 Å². The lowest BCUT2D eigenvalue weighted by atomic mass is 10.1. The highest BCUT2D eigenvalue weighted by Crippen LogP contribution is 2.11. The van der Waals surface area contributed by atoms with Crippen LogP contribution in [0.5, 0.6) is 0 Å². The van der Waals surface area contributed by atoms with E-state index < -0.39 is 11.9 Å². The summed E-state index contributed by atoms with van der Waals surface area (Å²) < 4.78 is 0. The maximum Gasteiger partial charge on any atom is 0.303 e. The molecule has 0 unspecified atom stereocenters. The lowest BCUT2D eigenvalue weighted by Crippen LogP contribution is -1.94. The molecule has 0 atom stereocenters. The van der Waals surface area contributed by atoms with Gasteiger partial charge in [-0.2, -0.15) is 0 Å². The molecule has 19 heavy (non-hydrogen) atoms. The number of hydrogen-bond donors (Lipinski definition) is 3. The first-order valence-corrected chi connectivity index (χ1v) is 7.01. The van der Waals surface area contributed by atoms with Crippen LogP contribution in [0.3, 0.4) is 0 Å². The van der Waals surface area contributed by atoms with Crippen molar-refractivity contribution in [3.63, 3.8) is 0 Å². The Morgan fingerprint density at radius 3 is 1.00 bits per heavy atom. The van der Waals surface area contributed by atoms with Gasteiger partial charge < -0.3 is 15.3 Å². The summed E-state index contributed by atoms with van der Waals surface area (Å²) in [5.74, 6) is -1.41. The van der Waals surface area contributed by atoms with Crippen molar-refractivity contribution in [2.45, 2.75) is 70.6 Å².